The van der Waals surface area contributed by atoms with E-state index in [1.54, 1.807) is 17.0 Å². The molecular weight excluding hydrogens is 466 g/mol. The maximum Gasteiger partial charge on any atom is 0.323 e. The van der Waals surface area contributed by atoms with Crippen LogP contribution in [0.5, 0.6) is 5.75 Å². The van der Waals surface area contributed by atoms with Crippen molar-refractivity contribution >= 4 is 29.1 Å². The molecule has 0 bridgehead atoms. The third kappa shape index (κ3) is 4.50. The molecular formula is C28H26ClNO5. The van der Waals surface area contributed by atoms with Gasteiger partial charge in [-0.25, -0.2) is 0 Å². The number of allylic oxidation sites excluding steroid dienone is 4. The predicted molar refractivity (Wildman–Crippen MR) is 131 cm³/mol. The number of carboxylic acids is 1. The van der Waals surface area contributed by atoms with E-state index in [-0.39, 0.29) is 18.1 Å². The lowest BCUT2D eigenvalue weighted by Crippen LogP contribution is -2.41. The van der Waals surface area contributed by atoms with Gasteiger partial charge in [0, 0.05) is 51.9 Å². The number of aliphatic carboxylic acids is 1. The van der Waals surface area contributed by atoms with E-state index < -0.39 is 11.9 Å². The lowest BCUT2D eigenvalue weighted by Gasteiger charge is -2.43. The number of carbonyl (C=O) groups is 3. The first-order valence-corrected chi connectivity index (χ1v) is 12.3. The van der Waals surface area contributed by atoms with Crippen molar-refractivity contribution in [3.63, 3.8) is 0 Å². The minimum atomic E-state index is -0.982. The molecule has 35 heavy (non-hydrogen) atoms. The van der Waals surface area contributed by atoms with Gasteiger partial charge in [-0.05, 0) is 49.4 Å². The molecule has 2 aliphatic carbocycles. The highest BCUT2D eigenvalue weighted by atomic mass is 35.5. The number of carbonyl (C=O) groups excluding carboxylic acids is 2. The number of carboxylic acid groups (broad SMARTS) is 1. The molecule has 1 aliphatic heterocycles. The molecule has 180 valence electrons. The lowest BCUT2D eigenvalue weighted by molar-refractivity contribution is -0.138. The van der Waals surface area contributed by atoms with Gasteiger partial charge in [0.2, 0.25) is 0 Å². The zero-order valence-electron chi connectivity index (χ0n) is 19.3. The van der Waals surface area contributed by atoms with E-state index in [4.69, 9.17) is 16.3 Å². The minimum absolute atomic E-state index is 0.0240. The van der Waals surface area contributed by atoms with E-state index in [9.17, 15) is 19.5 Å². The number of ketones is 2. The second kappa shape index (κ2) is 9.70. The van der Waals surface area contributed by atoms with Gasteiger partial charge in [-0.3, -0.25) is 14.4 Å². The van der Waals surface area contributed by atoms with Crippen LogP contribution in [0.25, 0.3) is 0 Å². The van der Waals surface area contributed by atoms with Crippen LogP contribution in [-0.4, -0.2) is 34.1 Å². The van der Waals surface area contributed by atoms with Gasteiger partial charge < -0.3 is 14.7 Å². The fraction of sp³-hybridized carbons (Fsp3) is 0.321. The summed E-state index contributed by atoms with van der Waals surface area (Å²) in [6.45, 7) is 0.0609. The SMILES string of the molecule is O=C(O)CN1C2=C(C(=O)CCC2)C(c2ccccc2OCc2ccc(Cl)cc2)C2=C1CCCC2=O. The van der Waals surface area contributed by atoms with Crippen LogP contribution >= 0.6 is 11.6 Å². The average molecular weight is 492 g/mol. The Morgan fingerprint density at radius 1 is 0.914 bits per heavy atom. The highest BCUT2D eigenvalue weighted by Gasteiger charge is 2.44. The van der Waals surface area contributed by atoms with Crippen molar-refractivity contribution in [2.45, 2.75) is 51.0 Å². The summed E-state index contributed by atoms with van der Waals surface area (Å²) in [4.78, 5) is 40.1. The van der Waals surface area contributed by atoms with Gasteiger partial charge in [-0.2, -0.15) is 0 Å². The minimum Gasteiger partial charge on any atom is -0.489 e. The second-order valence-corrected chi connectivity index (χ2v) is 9.58. The lowest BCUT2D eigenvalue weighted by atomic mass is 9.70. The number of hydrogen-bond acceptors (Lipinski definition) is 5. The van der Waals surface area contributed by atoms with Crippen molar-refractivity contribution in [2.24, 2.45) is 0 Å². The molecule has 0 radical (unpaired) electrons. The maximum absolute atomic E-state index is 13.3. The van der Waals surface area contributed by atoms with Crippen LogP contribution in [0.1, 0.15) is 55.6 Å². The van der Waals surface area contributed by atoms with Gasteiger partial charge in [0.05, 0.1) is 0 Å². The van der Waals surface area contributed by atoms with Crippen molar-refractivity contribution in [3.05, 3.63) is 87.2 Å². The Hall–Kier alpha value is -3.38. The summed E-state index contributed by atoms with van der Waals surface area (Å²) < 4.78 is 6.22. The molecule has 0 saturated heterocycles. The number of para-hydroxylation sites is 1. The van der Waals surface area contributed by atoms with Crippen LogP contribution in [0.15, 0.2) is 71.1 Å². The summed E-state index contributed by atoms with van der Waals surface area (Å²) in [5, 5.41) is 10.3. The second-order valence-electron chi connectivity index (χ2n) is 9.14. The molecule has 7 heteroatoms. The molecule has 0 atom stereocenters. The monoisotopic (exact) mass is 491 g/mol. The Bertz CT molecular complexity index is 1220. The number of Topliss-reactive ketones (excluding diaryl/α,β-unsaturated/α-hetero) is 2. The van der Waals surface area contributed by atoms with Gasteiger partial charge in [-0.1, -0.05) is 41.9 Å². The zero-order valence-corrected chi connectivity index (χ0v) is 20.0. The van der Waals surface area contributed by atoms with Crippen molar-refractivity contribution in [1.29, 1.82) is 0 Å². The van der Waals surface area contributed by atoms with Crippen LogP contribution in [-0.2, 0) is 21.0 Å². The number of nitrogens with zero attached hydrogens (tertiary/aromatic N) is 1. The van der Waals surface area contributed by atoms with Gasteiger partial charge in [0.25, 0.3) is 0 Å². The zero-order chi connectivity index (χ0) is 24.5. The normalized spacial score (nSPS) is 18.5. The standard InChI is InChI=1S/C28H26ClNO5/c29-18-13-11-17(12-14-18)16-35-24-10-2-1-5-19(24)26-27-20(6-3-8-22(27)31)30(15-25(33)34)21-7-4-9-23(32)28(21)26/h1-2,5,10-14,26H,3-4,6-9,15-16H2,(H,33,34). The smallest absolute Gasteiger partial charge is 0.323 e. The third-order valence-electron chi connectivity index (χ3n) is 6.92. The molecule has 0 saturated carbocycles. The van der Waals surface area contributed by atoms with Gasteiger partial charge >= 0.3 is 5.97 Å². The molecule has 5 rings (SSSR count). The van der Waals surface area contributed by atoms with Crippen LogP contribution in [0, 0.1) is 0 Å². The average Bonchev–Trinajstić information content (AvgIpc) is 2.84. The van der Waals surface area contributed by atoms with Crippen molar-refractivity contribution in [3.8, 4) is 5.75 Å². The molecule has 0 amide bonds. The van der Waals surface area contributed by atoms with E-state index in [1.807, 2.05) is 36.4 Å². The summed E-state index contributed by atoms with van der Waals surface area (Å²) in [6, 6.07) is 14.9. The number of halogens is 1. The molecule has 0 fully saturated rings. The molecule has 1 heterocycles. The largest absolute Gasteiger partial charge is 0.489 e. The first kappa shape index (κ1) is 23.4. The van der Waals surface area contributed by atoms with E-state index in [2.05, 4.69) is 0 Å². The van der Waals surface area contributed by atoms with Gasteiger partial charge in [0.15, 0.2) is 11.6 Å². The Morgan fingerprint density at radius 3 is 2.11 bits per heavy atom. The number of ether oxygens (including phenoxy) is 1. The fourth-order valence-electron chi connectivity index (χ4n) is 5.45. The Balaban J connectivity index is 1.62. The molecule has 3 aliphatic rings. The molecule has 6 nitrogen and oxygen atoms in total. The summed E-state index contributed by atoms with van der Waals surface area (Å²) in [5.74, 6) is -0.973. The van der Waals surface area contributed by atoms with E-state index in [0.29, 0.717) is 67.1 Å². The number of hydrogen-bond donors (Lipinski definition) is 1. The topological polar surface area (TPSA) is 83.9 Å². The Labute approximate surface area is 208 Å². The molecule has 2 aromatic rings. The molecule has 0 spiro atoms. The van der Waals surface area contributed by atoms with Gasteiger partial charge in [-0.15, -0.1) is 0 Å². The van der Waals surface area contributed by atoms with Crippen LogP contribution < -0.4 is 4.74 Å². The van der Waals surface area contributed by atoms with Crippen LogP contribution in [0.3, 0.4) is 0 Å². The van der Waals surface area contributed by atoms with E-state index >= 15 is 0 Å². The summed E-state index contributed by atoms with van der Waals surface area (Å²) in [5.41, 5.74) is 4.30. The van der Waals surface area contributed by atoms with Crippen molar-refractivity contribution in [1.82, 2.24) is 4.90 Å². The highest BCUT2D eigenvalue weighted by Crippen LogP contribution is 2.50. The maximum atomic E-state index is 13.3. The number of rotatable bonds is 6. The van der Waals surface area contributed by atoms with Gasteiger partial charge in [0.1, 0.15) is 18.9 Å². The van der Waals surface area contributed by atoms with E-state index in [0.717, 1.165) is 22.5 Å². The Kier molecular flexibility index (Phi) is 6.48. The predicted octanol–water partition coefficient (Wildman–Crippen LogP) is 5.42. The molecule has 0 aromatic heterocycles. The molecule has 2 aromatic carbocycles. The summed E-state index contributed by atoms with van der Waals surface area (Å²) >= 11 is 6.00. The quantitative estimate of drug-likeness (QED) is 0.581. The van der Waals surface area contributed by atoms with E-state index in [1.165, 1.54) is 0 Å². The number of benzene rings is 2. The first-order valence-electron chi connectivity index (χ1n) is 11.9. The van der Waals surface area contributed by atoms with Crippen LogP contribution in [0.4, 0.5) is 0 Å². The summed E-state index contributed by atoms with van der Waals surface area (Å²) in [6.07, 6.45) is 3.35. The summed E-state index contributed by atoms with van der Waals surface area (Å²) in [7, 11) is 0. The molecule has 1 N–H and O–H groups in total. The highest BCUT2D eigenvalue weighted by molar-refractivity contribution is 6.30. The van der Waals surface area contributed by atoms with Crippen LogP contribution in [0.2, 0.25) is 5.02 Å². The van der Waals surface area contributed by atoms with Crippen molar-refractivity contribution in [2.75, 3.05) is 6.54 Å². The van der Waals surface area contributed by atoms with Crippen molar-refractivity contribution < 1.29 is 24.2 Å². The Morgan fingerprint density at radius 2 is 1.51 bits per heavy atom. The first-order chi connectivity index (χ1) is 16.9. The third-order valence-corrected chi connectivity index (χ3v) is 7.17. The molecule has 0 unspecified atom stereocenters. The fourth-order valence-corrected chi connectivity index (χ4v) is 5.57.